The van der Waals surface area contributed by atoms with Crippen LogP contribution in [0.15, 0.2) is 29.2 Å². The van der Waals surface area contributed by atoms with E-state index in [9.17, 15) is 19.5 Å². The maximum absolute atomic E-state index is 12.2. The number of carboxylic acid groups (broad SMARTS) is 1. The number of nitrogens with zero attached hydrogens (tertiary/aromatic N) is 2. The zero-order chi connectivity index (χ0) is 21.6. The smallest absolute Gasteiger partial charge is 0.351 e. The van der Waals surface area contributed by atoms with Gasteiger partial charge in [0.2, 0.25) is 5.91 Å². The highest BCUT2D eigenvalue weighted by Gasteiger charge is 2.31. The number of aliphatic carboxylic acids is 1. The third kappa shape index (κ3) is 6.29. The Bertz CT molecular complexity index is 863. The molecule has 0 unspecified atom stereocenters. The Balaban J connectivity index is 2.03. The summed E-state index contributed by atoms with van der Waals surface area (Å²) in [5, 5.41) is 14.1. The van der Waals surface area contributed by atoms with E-state index >= 15 is 0 Å². The summed E-state index contributed by atoms with van der Waals surface area (Å²) >= 11 is 0. The number of guanidine groups is 1. The van der Waals surface area contributed by atoms with Gasteiger partial charge in [-0.15, -0.1) is 0 Å². The summed E-state index contributed by atoms with van der Waals surface area (Å²) in [5.41, 5.74) is 19.2. The monoisotopic (exact) mass is 409 g/mol. The molecule has 13 nitrogen and oxygen atoms in total. The third-order valence-electron chi connectivity index (χ3n) is 4.14. The fourth-order valence-corrected chi connectivity index (χ4v) is 2.73. The van der Waals surface area contributed by atoms with E-state index in [4.69, 9.17) is 21.9 Å². The average molecular weight is 409 g/mol. The van der Waals surface area contributed by atoms with Crippen LogP contribution in [0.3, 0.4) is 0 Å². The largest absolute Gasteiger partial charge is 0.547 e. The first kappa shape index (κ1) is 21.8. The molecule has 2 rings (SSSR count). The second-order valence-electron chi connectivity index (χ2n) is 6.53. The van der Waals surface area contributed by atoms with E-state index in [2.05, 4.69) is 21.0 Å². The van der Waals surface area contributed by atoms with Crippen molar-refractivity contribution in [3.8, 4) is 0 Å². The number of carbonyl (C=O) groups is 2. The van der Waals surface area contributed by atoms with Gasteiger partial charge in [0, 0.05) is 12.6 Å². The Morgan fingerprint density at radius 1 is 1.41 bits per heavy atom. The summed E-state index contributed by atoms with van der Waals surface area (Å²) in [6.45, 7) is 0.448. The molecule has 0 spiro atoms. The van der Waals surface area contributed by atoms with Crippen LogP contribution >= 0.6 is 0 Å². The minimum Gasteiger partial charge on any atom is -0.547 e. The van der Waals surface area contributed by atoms with Crippen LogP contribution in [0.5, 0.6) is 0 Å². The van der Waals surface area contributed by atoms with Crippen LogP contribution < -0.4 is 44.0 Å². The molecule has 1 aromatic rings. The van der Waals surface area contributed by atoms with Crippen molar-refractivity contribution in [2.75, 3.05) is 12.3 Å². The molecule has 1 aliphatic heterocycles. The number of amides is 1. The van der Waals surface area contributed by atoms with Crippen molar-refractivity contribution in [3.63, 3.8) is 0 Å². The van der Waals surface area contributed by atoms with E-state index in [1.165, 1.54) is 24.4 Å². The molecule has 0 bridgehead atoms. The number of quaternary nitrogens is 1. The van der Waals surface area contributed by atoms with Crippen LogP contribution in [0, 0.1) is 0 Å². The third-order valence-corrected chi connectivity index (χ3v) is 4.14. The molecular weight excluding hydrogens is 384 g/mol. The number of nitrogen functional groups attached to an aromatic ring is 1. The van der Waals surface area contributed by atoms with Gasteiger partial charge in [-0.3, -0.25) is 25.8 Å². The van der Waals surface area contributed by atoms with Crippen molar-refractivity contribution in [2.45, 2.75) is 37.3 Å². The minimum atomic E-state index is -1.54. The lowest BCUT2D eigenvalue weighted by molar-refractivity contribution is -0.482. The van der Waals surface area contributed by atoms with Gasteiger partial charge in [0.05, 0.1) is 31.0 Å². The van der Waals surface area contributed by atoms with Gasteiger partial charge in [0.1, 0.15) is 11.9 Å². The van der Waals surface area contributed by atoms with Crippen molar-refractivity contribution >= 4 is 23.7 Å². The molecule has 29 heavy (non-hydrogen) atoms. The second kappa shape index (κ2) is 9.66. The molecule has 0 aliphatic carbocycles. The van der Waals surface area contributed by atoms with Crippen LogP contribution in [-0.2, 0) is 14.3 Å². The van der Waals surface area contributed by atoms with Gasteiger partial charge in [-0.2, -0.15) is 4.98 Å². The number of hydrogen-bond acceptors (Lipinski definition) is 7. The van der Waals surface area contributed by atoms with Crippen molar-refractivity contribution in [2.24, 2.45) is 11.5 Å². The number of carboxylic acids is 1. The van der Waals surface area contributed by atoms with E-state index in [1.807, 2.05) is 0 Å². The maximum Gasteiger partial charge on any atom is 0.351 e. The van der Waals surface area contributed by atoms with Gasteiger partial charge in [-0.25, -0.2) is 4.79 Å². The lowest BCUT2D eigenvalue weighted by Gasteiger charge is -2.33. The minimum absolute atomic E-state index is 0.0256. The molecule has 0 fully saturated rings. The number of rotatable bonds is 8. The summed E-state index contributed by atoms with van der Waals surface area (Å²) in [5.74, 6) is -1.85. The van der Waals surface area contributed by atoms with Crippen molar-refractivity contribution < 1.29 is 30.2 Å². The predicted octanol–water partition coefficient (Wildman–Crippen LogP) is -6.74. The van der Waals surface area contributed by atoms with E-state index in [0.29, 0.717) is 13.0 Å². The van der Waals surface area contributed by atoms with Crippen LogP contribution in [0.2, 0.25) is 0 Å². The Morgan fingerprint density at radius 3 is 2.76 bits per heavy atom. The first-order valence-corrected chi connectivity index (χ1v) is 8.81. The van der Waals surface area contributed by atoms with Gasteiger partial charge in [-0.05, 0) is 12.1 Å². The van der Waals surface area contributed by atoms with Gasteiger partial charge < -0.3 is 31.4 Å². The van der Waals surface area contributed by atoms with Gasteiger partial charge in [0.15, 0.2) is 6.23 Å². The number of hydrogen-bond donors (Lipinski definition) is 6. The molecule has 158 valence electrons. The molecule has 11 N–H and O–H groups in total. The fourth-order valence-electron chi connectivity index (χ4n) is 2.73. The number of ether oxygens (including phenoxy) is 1. The number of nitrogens with two attached hydrogens (primary N) is 3. The normalized spacial score (nSPS) is 21.9. The van der Waals surface area contributed by atoms with E-state index in [0.717, 1.165) is 4.57 Å². The summed E-state index contributed by atoms with van der Waals surface area (Å²) in [6.07, 6.45) is 2.25. The molecule has 0 saturated carbocycles. The zero-order valence-corrected chi connectivity index (χ0v) is 15.6. The highest BCUT2D eigenvalue weighted by molar-refractivity contribution is 5.79. The Morgan fingerprint density at radius 2 is 2.14 bits per heavy atom. The van der Waals surface area contributed by atoms with Gasteiger partial charge in [-0.1, -0.05) is 6.08 Å². The second-order valence-corrected chi connectivity index (χ2v) is 6.53. The predicted molar refractivity (Wildman–Crippen MR) is 98.0 cm³/mol. The number of carbonyl (C=O) groups excluding carboxylic acids is 2. The standard InChI is InChI=1S/C16H24N8O5/c17-8(3-5-21-15(19)20)7-11(25)22-9-1-2-12(29-13(9)14(26)27)24-6-4-10(18)23-16(24)28/h1-2,4,6,8-9,12-13H,3,5,7,17H2,(H,22,25)(H,26,27)(H2,18,23,28)(H4,19,20,21)/p+1/t8-,9-,12+,13-/m0/s1. The first-order valence-electron chi connectivity index (χ1n) is 8.81. The van der Waals surface area contributed by atoms with E-state index in [-0.39, 0.29) is 24.2 Å². The molecule has 0 aromatic carbocycles. The average Bonchev–Trinajstić information content (AvgIpc) is 2.61. The van der Waals surface area contributed by atoms with Gasteiger partial charge >= 0.3 is 11.6 Å². The van der Waals surface area contributed by atoms with Crippen LogP contribution in [0.4, 0.5) is 5.82 Å². The highest BCUT2D eigenvalue weighted by atomic mass is 16.5. The SMILES string of the molecule is NC(N)=[NH+]CC[C@H]([NH3+])CC(=O)N[C@H]1C=C[C@H](n2ccc(N)nc2=O)O[C@@H]1C(=O)[O-]. The Hall–Kier alpha value is -3.45. The molecule has 1 amide bonds. The lowest BCUT2D eigenvalue weighted by atomic mass is 10.1. The summed E-state index contributed by atoms with van der Waals surface area (Å²) < 4.78 is 6.50. The molecule has 4 atom stereocenters. The number of nitrogens with one attached hydrogen (secondary N) is 2. The molecule has 0 radical (unpaired) electrons. The van der Waals surface area contributed by atoms with Crippen LogP contribution in [0.25, 0.3) is 0 Å². The molecule has 13 heteroatoms. The lowest BCUT2D eigenvalue weighted by Crippen LogP contribution is -2.79. The quantitative estimate of drug-likeness (QED) is 0.136. The summed E-state index contributed by atoms with van der Waals surface area (Å²) in [4.78, 5) is 41.9. The molecule has 1 aromatic heterocycles. The van der Waals surface area contributed by atoms with E-state index in [1.54, 1.807) is 0 Å². The maximum atomic E-state index is 12.2. The first-order chi connectivity index (χ1) is 13.7. The number of anilines is 1. The van der Waals surface area contributed by atoms with Crippen molar-refractivity contribution in [3.05, 3.63) is 34.9 Å². The molecule has 1 aliphatic rings. The fraction of sp³-hybridized carbons (Fsp3) is 0.438. The summed E-state index contributed by atoms with van der Waals surface area (Å²) in [6, 6.07) is 0.156. The molecular formula is C16H25N8O5+. The van der Waals surface area contributed by atoms with Crippen molar-refractivity contribution in [1.29, 1.82) is 0 Å². The summed E-state index contributed by atoms with van der Waals surface area (Å²) in [7, 11) is 0. The Labute approximate surface area is 165 Å². The topological polar surface area (TPSA) is 233 Å². The van der Waals surface area contributed by atoms with Crippen LogP contribution in [-0.4, -0.2) is 52.1 Å². The van der Waals surface area contributed by atoms with Gasteiger partial charge in [0.25, 0.3) is 0 Å². The van der Waals surface area contributed by atoms with Crippen molar-refractivity contribution in [1.82, 2.24) is 14.9 Å². The van der Waals surface area contributed by atoms with Crippen LogP contribution in [0.1, 0.15) is 19.1 Å². The molecule has 2 heterocycles. The zero-order valence-electron chi connectivity index (χ0n) is 15.6. The van der Waals surface area contributed by atoms with E-state index < -0.39 is 35.9 Å². The molecule has 0 saturated heterocycles. The number of aromatic nitrogens is 2. The highest BCUT2D eigenvalue weighted by Crippen LogP contribution is 2.20. The Kier molecular flexibility index (Phi) is 7.27.